The number of hydrogen-bond acceptors (Lipinski definition) is 8. The number of nitrogens with one attached hydrogen (secondary N) is 1. The van der Waals surface area contributed by atoms with Crippen molar-refractivity contribution in [3.8, 4) is 17.0 Å². The van der Waals surface area contributed by atoms with E-state index in [1.165, 1.54) is 36.9 Å². The fraction of sp³-hybridized carbons (Fsp3) is 0.618. The maximum atomic E-state index is 12.4. The number of nitrogens with zero attached hydrogens (tertiary/aromatic N) is 5. The molecule has 0 unspecified atom stereocenters. The lowest BCUT2D eigenvalue weighted by Gasteiger charge is -2.61. The number of likely N-dealkylation sites (tertiary alicyclic amines) is 2. The van der Waals surface area contributed by atoms with Gasteiger partial charge in [0.25, 0.3) is 0 Å². The summed E-state index contributed by atoms with van der Waals surface area (Å²) in [5.41, 5.74) is 5.12. The van der Waals surface area contributed by atoms with Gasteiger partial charge in [0.15, 0.2) is 12.4 Å². The van der Waals surface area contributed by atoms with E-state index in [0.29, 0.717) is 23.5 Å². The van der Waals surface area contributed by atoms with Gasteiger partial charge in [-0.25, -0.2) is 4.79 Å². The molecule has 236 valence electrons. The maximum absolute atomic E-state index is 12.4. The maximum Gasteiger partial charge on any atom is 0.410 e. The summed E-state index contributed by atoms with van der Waals surface area (Å²) in [6.07, 6.45) is 5.65. The van der Waals surface area contributed by atoms with E-state index >= 15 is 0 Å². The van der Waals surface area contributed by atoms with Crippen LogP contribution in [-0.4, -0.2) is 100 Å². The second-order valence-electron chi connectivity index (χ2n) is 14.4. The lowest BCUT2D eigenvalue weighted by molar-refractivity contribution is -0.113. The molecule has 3 aromatic rings. The Balaban J connectivity index is 0.978. The van der Waals surface area contributed by atoms with Gasteiger partial charge >= 0.3 is 6.09 Å². The SMILES string of the molecule is COCOc1ccccc1-c1cc2c3c([nH]c2nn1)CCN(C1CCN(C2CC4(C2)CN(C(=O)OC(C)(C)C)C4)CC1)[C@@H]3C. The van der Waals surface area contributed by atoms with Crippen LogP contribution < -0.4 is 4.74 Å². The zero-order valence-electron chi connectivity index (χ0n) is 26.8. The van der Waals surface area contributed by atoms with Crippen LogP contribution in [0.25, 0.3) is 22.3 Å². The molecular formula is C34H46N6O4. The van der Waals surface area contributed by atoms with Crippen LogP contribution in [0.3, 0.4) is 0 Å². The van der Waals surface area contributed by atoms with Crippen LogP contribution in [0, 0.1) is 5.41 Å². The van der Waals surface area contributed by atoms with Gasteiger partial charge in [-0.1, -0.05) is 12.1 Å². The largest absolute Gasteiger partial charge is 0.467 e. The number of carbonyl (C=O) groups is 1. The summed E-state index contributed by atoms with van der Waals surface area (Å²) in [6.45, 7) is 13.4. The zero-order valence-corrected chi connectivity index (χ0v) is 26.8. The Hall–Kier alpha value is -3.21. The Morgan fingerprint density at radius 1 is 1.07 bits per heavy atom. The van der Waals surface area contributed by atoms with Crippen LogP contribution in [0.5, 0.6) is 5.75 Å². The average molecular weight is 603 g/mol. The number of carbonyl (C=O) groups excluding carboxylic acids is 1. The fourth-order valence-electron chi connectivity index (χ4n) is 8.15. The molecule has 1 aromatic carbocycles. The van der Waals surface area contributed by atoms with E-state index in [-0.39, 0.29) is 12.9 Å². The standard InChI is InChI=1S/C34H46N6O4/c1-22-30-26-16-28(25-8-6-7-9-29(25)43-21-42-5)36-37-31(26)35-27(30)12-15-40(22)23-10-13-38(14-11-23)24-17-34(18-24)19-39(20-34)32(41)44-33(2,3)4/h6-9,16,22-24H,10-15,17-21H2,1-5H3,(H,35,37)/t22-/m1/s1. The third kappa shape index (κ3) is 5.45. The minimum absolute atomic E-state index is 0.162. The highest BCUT2D eigenvalue weighted by molar-refractivity contribution is 5.86. The number of methoxy groups -OCH3 is 1. The molecule has 10 heteroatoms. The van der Waals surface area contributed by atoms with Gasteiger partial charge in [-0.15, -0.1) is 10.2 Å². The first-order valence-corrected chi connectivity index (χ1v) is 16.2. The third-order valence-electron chi connectivity index (χ3n) is 10.2. The van der Waals surface area contributed by atoms with Crippen LogP contribution in [0.4, 0.5) is 4.79 Å². The van der Waals surface area contributed by atoms with Gasteiger partial charge in [0.1, 0.15) is 11.4 Å². The van der Waals surface area contributed by atoms with Gasteiger partial charge < -0.3 is 29.0 Å². The summed E-state index contributed by atoms with van der Waals surface area (Å²) >= 11 is 0. The Labute approximate surface area is 260 Å². The molecule has 3 fully saturated rings. The number of ether oxygens (including phenoxy) is 3. The van der Waals surface area contributed by atoms with E-state index in [1.807, 2.05) is 49.9 Å². The molecule has 1 atom stereocenters. The van der Waals surface area contributed by atoms with Crippen LogP contribution in [0.2, 0.25) is 0 Å². The first-order chi connectivity index (χ1) is 21.1. The summed E-state index contributed by atoms with van der Waals surface area (Å²) in [6, 6.07) is 11.6. The van der Waals surface area contributed by atoms with Crippen LogP contribution >= 0.6 is 0 Å². The summed E-state index contributed by atoms with van der Waals surface area (Å²) in [5.74, 6) is 0.740. The molecule has 0 radical (unpaired) electrons. The molecule has 10 nitrogen and oxygen atoms in total. The van der Waals surface area contributed by atoms with Crippen LogP contribution in [0.15, 0.2) is 30.3 Å². The Morgan fingerprint density at radius 3 is 2.55 bits per heavy atom. The smallest absolute Gasteiger partial charge is 0.410 e. The predicted octanol–water partition coefficient (Wildman–Crippen LogP) is 5.39. The monoisotopic (exact) mass is 602 g/mol. The Bertz CT molecular complexity index is 1510. The van der Waals surface area contributed by atoms with E-state index in [2.05, 4.69) is 38.0 Å². The van der Waals surface area contributed by atoms with Crippen molar-refractivity contribution >= 4 is 17.1 Å². The summed E-state index contributed by atoms with van der Waals surface area (Å²) in [5, 5.41) is 10.3. The fourth-order valence-corrected chi connectivity index (χ4v) is 8.15. The molecule has 1 N–H and O–H groups in total. The van der Waals surface area contributed by atoms with Gasteiger partial charge in [-0.05, 0) is 90.2 Å². The quantitative estimate of drug-likeness (QED) is 0.375. The normalized spacial score (nSPS) is 22.9. The number of benzene rings is 1. The van der Waals surface area contributed by atoms with Crippen molar-refractivity contribution in [2.24, 2.45) is 5.41 Å². The highest BCUT2D eigenvalue weighted by Crippen LogP contribution is 2.51. The second-order valence-corrected chi connectivity index (χ2v) is 14.4. The molecule has 3 aliphatic heterocycles. The lowest BCUT2D eigenvalue weighted by atomic mass is 9.60. The minimum Gasteiger partial charge on any atom is -0.467 e. The molecule has 2 saturated heterocycles. The van der Waals surface area contributed by atoms with Crippen molar-refractivity contribution in [2.75, 3.05) is 46.6 Å². The van der Waals surface area contributed by atoms with Gasteiger partial charge in [-0.3, -0.25) is 4.90 Å². The zero-order chi connectivity index (χ0) is 30.6. The first-order valence-electron chi connectivity index (χ1n) is 16.2. The lowest BCUT2D eigenvalue weighted by Crippen LogP contribution is -2.68. The Morgan fingerprint density at radius 2 is 1.82 bits per heavy atom. The van der Waals surface area contributed by atoms with E-state index in [0.717, 1.165) is 67.2 Å². The second kappa shape index (κ2) is 11.3. The van der Waals surface area contributed by atoms with E-state index < -0.39 is 5.60 Å². The van der Waals surface area contributed by atoms with Gasteiger partial charge in [0, 0.05) is 73.3 Å². The highest BCUT2D eigenvalue weighted by Gasteiger charge is 2.56. The molecular weight excluding hydrogens is 556 g/mol. The molecule has 44 heavy (non-hydrogen) atoms. The molecule has 4 aliphatic rings. The van der Waals surface area contributed by atoms with Crippen molar-refractivity contribution in [3.63, 3.8) is 0 Å². The van der Waals surface area contributed by atoms with Crippen molar-refractivity contribution in [3.05, 3.63) is 41.6 Å². The van der Waals surface area contributed by atoms with Crippen LogP contribution in [0.1, 0.15) is 70.7 Å². The van der Waals surface area contributed by atoms with Gasteiger partial charge in [-0.2, -0.15) is 0 Å². The topological polar surface area (TPSA) is 96.0 Å². The summed E-state index contributed by atoms with van der Waals surface area (Å²) in [7, 11) is 1.62. The summed E-state index contributed by atoms with van der Waals surface area (Å²) < 4.78 is 16.5. The molecule has 1 saturated carbocycles. The number of piperidine rings is 1. The van der Waals surface area contributed by atoms with E-state index in [4.69, 9.17) is 14.2 Å². The number of para-hydroxylation sites is 1. The number of aromatic amines is 1. The van der Waals surface area contributed by atoms with Crippen molar-refractivity contribution in [1.29, 1.82) is 0 Å². The number of amides is 1. The van der Waals surface area contributed by atoms with E-state index in [9.17, 15) is 4.79 Å². The van der Waals surface area contributed by atoms with Crippen molar-refractivity contribution < 1.29 is 19.0 Å². The molecule has 1 amide bonds. The third-order valence-corrected chi connectivity index (χ3v) is 10.2. The van der Waals surface area contributed by atoms with Gasteiger partial charge in [0.2, 0.25) is 0 Å². The number of H-pyrrole nitrogens is 1. The minimum atomic E-state index is -0.434. The molecule has 1 spiro atoms. The van der Waals surface area contributed by atoms with Crippen LogP contribution in [-0.2, 0) is 15.9 Å². The highest BCUT2D eigenvalue weighted by atomic mass is 16.7. The average Bonchev–Trinajstić information content (AvgIpc) is 3.33. The molecule has 2 aromatic heterocycles. The van der Waals surface area contributed by atoms with E-state index in [1.54, 1.807) is 7.11 Å². The predicted molar refractivity (Wildman–Crippen MR) is 169 cm³/mol. The van der Waals surface area contributed by atoms with Crippen molar-refractivity contribution in [1.82, 2.24) is 29.9 Å². The number of aromatic nitrogens is 3. The summed E-state index contributed by atoms with van der Waals surface area (Å²) in [4.78, 5) is 23.3. The van der Waals surface area contributed by atoms with Gasteiger partial charge in [0.05, 0.1) is 5.69 Å². The molecule has 7 rings (SSSR count). The Kier molecular flexibility index (Phi) is 7.58. The molecule has 1 aliphatic carbocycles. The number of rotatable bonds is 6. The number of hydrogen-bond donors (Lipinski definition) is 1. The number of fused-ring (bicyclic) bond motifs is 3. The van der Waals surface area contributed by atoms with Crippen molar-refractivity contribution in [2.45, 2.75) is 83.5 Å². The molecule has 5 heterocycles. The first kappa shape index (κ1) is 29.5. The molecule has 0 bridgehead atoms.